The molecule has 0 unspecified atom stereocenters. The number of unbranched alkanes of at least 4 members (excludes halogenated alkanes) is 1. The number of carbonyl (C=O) groups excluding carboxylic acids is 1. The Balaban J connectivity index is 2.58. The van der Waals surface area contributed by atoms with Crippen LogP contribution in [0, 0.1) is 12.8 Å². The molecule has 2 heterocycles. The number of H-pyrrole nitrogens is 1. The lowest BCUT2D eigenvalue weighted by Gasteiger charge is -2.25. The van der Waals surface area contributed by atoms with Crippen LogP contribution in [-0.4, -0.2) is 22.0 Å². The fraction of sp³-hybridized carbons (Fsp3) is 0.571. The van der Waals surface area contributed by atoms with E-state index in [1.807, 2.05) is 33.8 Å². The minimum absolute atomic E-state index is 0.0447. The van der Waals surface area contributed by atoms with Crippen molar-refractivity contribution < 1.29 is 4.79 Å². The Kier molecular flexibility index (Phi) is 7.84. The molecule has 8 heteroatoms. The van der Waals surface area contributed by atoms with Gasteiger partial charge < -0.3 is 5.73 Å². The zero-order chi connectivity index (χ0) is 21.7. The average Bonchev–Trinajstić information content (AvgIpc) is 3.00. The molecule has 29 heavy (non-hydrogen) atoms. The minimum Gasteiger partial charge on any atom is -0.383 e. The van der Waals surface area contributed by atoms with Gasteiger partial charge in [-0.3, -0.25) is 24.0 Å². The summed E-state index contributed by atoms with van der Waals surface area (Å²) in [7, 11) is 0. The van der Waals surface area contributed by atoms with Gasteiger partial charge in [0.2, 0.25) is 0 Å². The second-order valence-electron chi connectivity index (χ2n) is 7.75. The lowest BCUT2D eigenvalue weighted by Crippen LogP contribution is -2.42. The summed E-state index contributed by atoms with van der Waals surface area (Å²) in [5.74, 6) is -0.0970. The minimum atomic E-state index is -0.628. The zero-order valence-corrected chi connectivity index (χ0v) is 18.8. The highest BCUT2D eigenvalue weighted by Crippen LogP contribution is 2.27. The first-order valence-electron chi connectivity index (χ1n) is 10.2. The lowest BCUT2D eigenvalue weighted by atomic mass is 10.1. The first kappa shape index (κ1) is 22.9. The number of rotatable bonds is 9. The van der Waals surface area contributed by atoms with E-state index in [0.29, 0.717) is 18.0 Å². The number of carbonyl (C=O) groups is 1. The van der Waals surface area contributed by atoms with E-state index >= 15 is 0 Å². The number of nitrogens with two attached hydrogens (primary N) is 1. The van der Waals surface area contributed by atoms with Crippen molar-refractivity contribution in [3.05, 3.63) is 42.2 Å². The molecule has 0 fully saturated rings. The largest absolute Gasteiger partial charge is 0.383 e. The molecule has 2 rings (SSSR count). The van der Waals surface area contributed by atoms with Crippen molar-refractivity contribution in [3.8, 4) is 0 Å². The molecule has 3 N–H and O–H groups in total. The van der Waals surface area contributed by atoms with Gasteiger partial charge in [0.25, 0.3) is 11.5 Å². The van der Waals surface area contributed by atoms with Gasteiger partial charge >= 0.3 is 5.69 Å². The number of nitrogen functional groups attached to an aromatic ring is 1. The average molecular weight is 421 g/mol. The van der Waals surface area contributed by atoms with E-state index in [0.717, 1.165) is 36.1 Å². The number of hydrogen-bond donors (Lipinski definition) is 2. The van der Waals surface area contributed by atoms with Crippen molar-refractivity contribution in [1.82, 2.24) is 9.55 Å². The van der Waals surface area contributed by atoms with Crippen molar-refractivity contribution >= 4 is 28.7 Å². The van der Waals surface area contributed by atoms with Gasteiger partial charge in [-0.25, -0.2) is 4.79 Å². The molecule has 1 amide bonds. The molecule has 0 aromatic carbocycles. The van der Waals surface area contributed by atoms with Crippen molar-refractivity contribution in [2.75, 3.05) is 17.2 Å². The molecule has 0 aliphatic heterocycles. The Morgan fingerprint density at radius 3 is 2.55 bits per heavy atom. The molecule has 0 bridgehead atoms. The zero-order valence-electron chi connectivity index (χ0n) is 18.0. The third-order valence-electron chi connectivity index (χ3n) is 4.76. The van der Waals surface area contributed by atoms with Crippen LogP contribution in [0.2, 0.25) is 0 Å². The van der Waals surface area contributed by atoms with Gasteiger partial charge in [-0.05, 0) is 37.3 Å². The normalized spacial score (nSPS) is 11.2. The number of nitrogens with zero attached hydrogens (tertiary/aromatic N) is 2. The Hall–Kier alpha value is -2.35. The van der Waals surface area contributed by atoms with Gasteiger partial charge in [-0.2, -0.15) is 0 Å². The van der Waals surface area contributed by atoms with Crippen molar-refractivity contribution in [1.29, 1.82) is 0 Å². The molecule has 0 aliphatic carbocycles. The molecule has 0 saturated carbocycles. The highest BCUT2D eigenvalue weighted by molar-refractivity contribution is 7.14. The van der Waals surface area contributed by atoms with Crippen LogP contribution in [-0.2, 0) is 13.0 Å². The molecule has 0 spiro atoms. The van der Waals surface area contributed by atoms with Crippen LogP contribution >= 0.6 is 11.3 Å². The molecule has 0 radical (unpaired) electrons. The van der Waals surface area contributed by atoms with Crippen LogP contribution in [0.25, 0.3) is 0 Å². The first-order valence-corrected chi connectivity index (χ1v) is 11.1. The van der Waals surface area contributed by atoms with E-state index in [-0.39, 0.29) is 23.3 Å². The van der Waals surface area contributed by atoms with E-state index in [2.05, 4.69) is 11.9 Å². The number of hydrogen-bond acceptors (Lipinski definition) is 5. The van der Waals surface area contributed by atoms with Crippen LogP contribution < -0.4 is 21.9 Å². The molecule has 7 nitrogen and oxygen atoms in total. The van der Waals surface area contributed by atoms with Gasteiger partial charge in [-0.1, -0.05) is 40.5 Å². The van der Waals surface area contributed by atoms with Gasteiger partial charge in [0.1, 0.15) is 5.82 Å². The second-order valence-corrected chi connectivity index (χ2v) is 9.01. The highest BCUT2D eigenvalue weighted by Gasteiger charge is 2.27. The topological polar surface area (TPSA) is 101 Å². The van der Waals surface area contributed by atoms with E-state index in [4.69, 9.17) is 5.73 Å². The van der Waals surface area contributed by atoms with E-state index in [1.165, 1.54) is 20.8 Å². The maximum atomic E-state index is 13.4. The standard InChI is InChI=1S/C21H32N4O3S/c1-6-8-10-24-18(22)17(19(26)23-21(24)28)25(12-13(3)4)20(27)16-11-15(9-7-2)14(5)29-16/h11,13H,6-10,12,22H2,1-5H3,(H,23,26,28). The van der Waals surface area contributed by atoms with Gasteiger partial charge in [0.15, 0.2) is 5.69 Å². The Morgan fingerprint density at radius 2 is 1.97 bits per heavy atom. The molecule has 2 aromatic heterocycles. The summed E-state index contributed by atoms with van der Waals surface area (Å²) >= 11 is 1.43. The Morgan fingerprint density at radius 1 is 1.28 bits per heavy atom. The summed E-state index contributed by atoms with van der Waals surface area (Å²) in [6.45, 7) is 10.8. The predicted molar refractivity (Wildman–Crippen MR) is 120 cm³/mol. The van der Waals surface area contributed by atoms with Crippen molar-refractivity contribution in [3.63, 3.8) is 0 Å². The summed E-state index contributed by atoms with van der Waals surface area (Å²) in [6, 6.07) is 1.91. The number of nitrogens with one attached hydrogen (secondary N) is 1. The summed E-state index contributed by atoms with van der Waals surface area (Å²) in [5.41, 5.74) is 6.29. The highest BCUT2D eigenvalue weighted by atomic mass is 32.1. The maximum absolute atomic E-state index is 13.4. The number of aromatic nitrogens is 2. The summed E-state index contributed by atoms with van der Waals surface area (Å²) < 4.78 is 1.35. The van der Waals surface area contributed by atoms with Crippen LogP contribution in [0.3, 0.4) is 0 Å². The molecular weight excluding hydrogens is 388 g/mol. The number of aryl methyl sites for hydroxylation is 2. The summed E-state index contributed by atoms with van der Waals surface area (Å²) in [4.78, 5) is 43.8. The fourth-order valence-corrected chi connectivity index (χ4v) is 4.31. The number of aromatic amines is 1. The number of anilines is 2. The van der Waals surface area contributed by atoms with E-state index in [9.17, 15) is 14.4 Å². The van der Waals surface area contributed by atoms with Gasteiger partial charge in [0, 0.05) is 18.0 Å². The quantitative estimate of drug-likeness (QED) is 0.648. The third-order valence-corrected chi connectivity index (χ3v) is 5.84. The Bertz CT molecular complexity index is 971. The third kappa shape index (κ3) is 5.18. The SMILES string of the molecule is CCCCn1c(N)c(N(CC(C)C)C(=O)c2cc(CCC)c(C)s2)c(=O)[nH]c1=O. The lowest BCUT2D eigenvalue weighted by molar-refractivity contribution is 0.0987. The number of amides is 1. The summed E-state index contributed by atoms with van der Waals surface area (Å²) in [5, 5.41) is 0. The molecule has 2 aromatic rings. The molecule has 0 aliphatic rings. The predicted octanol–water partition coefficient (Wildman–Crippen LogP) is 3.54. The second kappa shape index (κ2) is 9.91. The first-order chi connectivity index (χ1) is 13.7. The van der Waals surface area contributed by atoms with Crippen molar-refractivity contribution in [2.45, 2.75) is 66.8 Å². The molecule has 0 atom stereocenters. The van der Waals surface area contributed by atoms with Gasteiger partial charge in [0.05, 0.1) is 4.88 Å². The summed E-state index contributed by atoms with van der Waals surface area (Å²) in [6.07, 6.45) is 3.53. The van der Waals surface area contributed by atoms with Crippen LogP contribution in [0.15, 0.2) is 15.7 Å². The molecule has 160 valence electrons. The Labute approximate surface area is 175 Å². The van der Waals surface area contributed by atoms with E-state index in [1.54, 1.807) is 0 Å². The van der Waals surface area contributed by atoms with Crippen LogP contribution in [0.5, 0.6) is 0 Å². The fourth-order valence-electron chi connectivity index (χ4n) is 3.29. The van der Waals surface area contributed by atoms with Gasteiger partial charge in [-0.15, -0.1) is 11.3 Å². The van der Waals surface area contributed by atoms with Crippen molar-refractivity contribution in [2.24, 2.45) is 5.92 Å². The molecule has 0 saturated heterocycles. The van der Waals surface area contributed by atoms with Crippen LogP contribution in [0.4, 0.5) is 11.5 Å². The van der Waals surface area contributed by atoms with Crippen LogP contribution in [0.1, 0.15) is 67.1 Å². The smallest absolute Gasteiger partial charge is 0.330 e. The van der Waals surface area contributed by atoms with E-state index < -0.39 is 11.2 Å². The monoisotopic (exact) mass is 420 g/mol. The molecular formula is C21H32N4O3S. The number of thiophene rings is 1. The maximum Gasteiger partial charge on any atom is 0.330 e.